The molecule has 11 heteroatoms. The zero-order valence-corrected chi connectivity index (χ0v) is 29.2. The number of carbonyl (C=O) groups excluding carboxylic acids is 2. The highest BCUT2D eigenvalue weighted by Crippen LogP contribution is 2.24. The lowest BCUT2D eigenvalue weighted by molar-refractivity contribution is -0.118. The van der Waals surface area contributed by atoms with Gasteiger partial charge in [0.05, 0.1) is 0 Å². The molecule has 1 atom stereocenters. The molecular formula is C31H44BrClN4O4Si. The van der Waals surface area contributed by atoms with Crippen LogP contribution in [0.15, 0.2) is 57.6 Å². The molecule has 0 aromatic heterocycles. The minimum absolute atomic E-state index is 0.163. The fraction of sp³-hybridized carbons (Fsp3) is 0.452. The number of aliphatic imine (C=N–C) groups is 1. The Bertz CT molecular complexity index is 1300. The second-order valence-corrected chi connectivity index (χ2v) is 19.3. The molecule has 2 aromatic rings. The summed E-state index contributed by atoms with van der Waals surface area (Å²) >= 11 is 9.82. The summed E-state index contributed by atoms with van der Waals surface area (Å²) in [4.78, 5) is 30.5. The van der Waals surface area contributed by atoms with Crippen molar-refractivity contribution in [2.24, 2.45) is 10.7 Å². The molecule has 0 radical (unpaired) electrons. The maximum atomic E-state index is 13.4. The molecule has 230 valence electrons. The van der Waals surface area contributed by atoms with Crippen molar-refractivity contribution in [1.29, 1.82) is 0 Å². The number of anilines is 1. The fourth-order valence-corrected chi connectivity index (χ4v) is 5.27. The number of hydrogen-bond acceptors (Lipinski definition) is 6. The Hall–Kier alpha value is -2.66. The molecule has 0 aliphatic rings. The Kier molecular flexibility index (Phi) is 13.3. The van der Waals surface area contributed by atoms with Crippen LogP contribution < -0.4 is 16.4 Å². The molecule has 0 bridgehead atoms. The van der Waals surface area contributed by atoms with Crippen molar-refractivity contribution in [3.8, 4) is 0 Å². The monoisotopic (exact) mass is 678 g/mol. The molecule has 8 nitrogen and oxygen atoms in total. The van der Waals surface area contributed by atoms with Gasteiger partial charge in [0.25, 0.3) is 0 Å². The second kappa shape index (κ2) is 15.7. The van der Waals surface area contributed by atoms with Gasteiger partial charge in [0.1, 0.15) is 18.4 Å². The Morgan fingerprint density at radius 2 is 1.74 bits per heavy atom. The molecule has 0 spiro atoms. The van der Waals surface area contributed by atoms with Crippen LogP contribution >= 0.6 is 27.5 Å². The van der Waals surface area contributed by atoms with Crippen molar-refractivity contribution in [3.05, 3.63) is 68.8 Å². The van der Waals surface area contributed by atoms with Gasteiger partial charge in [-0.2, -0.15) is 0 Å². The first-order chi connectivity index (χ1) is 19.4. The molecule has 0 aliphatic heterocycles. The maximum Gasteiger partial charge on any atom is 0.408 e. The first kappa shape index (κ1) is 35.5. The van der Waals surface area contributed by atoms with Crippen molar-refractivity contribution < 1.29 is 19.1 Å². The largest absolute Gasteiger partial charge is 0.444 e. The lowest BCUT2D eigenvalue weighted by Gasteiger charge is -2.24. The highest BCUT2D eigenvalue weighted by Gasteiger charge is 2.26. The molecule has 2 amide bonds. The molecular weight excluding hydrogens is 636 g/mol. The number of amides is 2. The van der Waals surface area contributed by atoms with Crippen LogP contribution in [-0.4, -0.2) is 50.8 Å². The van der Waals surface area contributed by atoms with Gasteiger partial charge in [-0.05, 0) is 82.1 Å². The average Bonchev–Trinajstić information content (AvgIpc) is 2.84. The van der Waals surface area contributed by atoms with E-state index in [1.54, 1.807) is 39.0 Å². The van der Waals surface area contributed by atoms with Gasteiger partial charge in [0, 0.05) is 53.3 Å². The van der Waals surface area contributed by atoms with Crippen molar-refractivity contribution in [3.63, 3.8) is 0 Å². The number of ether oxygens (including phenoxy) is 2. The van der Waals surface area contributed by atoms with E-state index in [1.165, 1.54) is 0 Å². The fourth-order valence-electron chi connectivity index (χ4n) is 3.91. The number of allylic oxidation sites excluding steroid dienone is 2. The van der Waals surface area contributed by atoms with Crippen LogP contribution in [-0.2, 0) is 20.7 Å². The van der Waals surface area contributed by atoms with Gasteiger partial charge in [-0.25, -0.2) is 4.79 Å². The molecule has 2 aromatic carbocycles. The van der Waals surface area contributed by atoms with Crippen LogP contribution in [0.5, 0.6) is 0 Å². The summed E-state index contributed by atoms with van der Waals surface area (Å²) in [5, 5.41) is 6.07. The first-order valence-electron chi connectivity index (χ1n) is 13.9. The van der Waals surface area contributed by atoms with Gasteiger partial charge in [-0.15, -0.1) is 0 Å². The number of nitrogens with zero attached hydrogens (tertiary/aromatic N) is 1. The Labute approximate surface area is 264 Å². The molecule has 0 saturated carbocycles. The molecule has 0 heterocycles. The van der Waals surface area contributed by atoms with E-state index in [0.29, 0.717) is 28.6 Å². The Morgan fingerprint density at radius 3 is 2.31 bits per heavy atom. The Balaban J connectivity index is 2.19. The number of alkyl carbamates (subject to hydrolysis) is 1. The molecule has 0 fully saturated rings. The summed E-state index contributed by atoms with van der Waals surface area (Å²) in [5.74, 6) is -0.413. The summed E-state index contributed by atoms with van der Waals surface area (Å²) in [6.45, 7) is 16.9. The number of carbonyl (C=O) groups is 2. The molecule has 0 unspecified atom stereocenters. The first-order valence-corrected chi connectivity index (χ1v) is 18.7. The molecule has 2 rings (SSSR count). The predicted molar refractivity (Wildman–Crippen MR) is 180 cm³/mol. The van der Waals surface area contributed by atoms with E-state index in [4.69, 9.17) is 26.8 Å². The van der Waals surface area contributed by atoms with Crippen molar-refractivity contribution in [1.82, 2.24) is 5.32 Å². The SMILES string of the molecule is CC(=NCOCC[Si](C)(C)C)C(=C(C)N)c1ccc(NC(=O)[C@H](Cc2cc(Br)ccc2Cl)NC(=O)OC(C)(C)C)cc1. The summed E-state index contributed by atoms with van der Waals surface area (Å²) in [6, 6.07) is 12.8. The zero-order valence-electron chi connectivity index (χ0n) is 25.9. The van der Waals surface area contributed by atoms with Crippen LogP contribution in [0, 0.1) is 0 Å². The zero-order chi connectivity index (χ0) is 31.7. The summed E-state index contributed by atoms with van der Waals surface area (Å²) in [7, 11) is -1.16. The minimum Gasteiger partial charge on any atom is -0.444 e. The van der Waals surface area contributed by atoms with E-state index in [1.807, 2.05) is 38.1 Å². The van der Waals surface area contributed by atoms with Crippen LogP contribution in [0.4, 0.5) is 10.5 Å². The summed E-state index contributed by atoms with van der Waals surface area (Å²) in [5.41, 5.74) is 9.84. The Morgan fingerprint density at radius 1 is 1.10 bits per heavy atom. The van der Waals surface area contributed by atoms with E-state index in [9.17, 15) is 9.59 Å². The van der Waals surface area contributed by atoms with Gasteiger partial charge in [0.15, 0.2) is 0 Å². The lowest BCUT2D eigenvalue weighted by Crippen LogP contribution is -2.47. The van der Waals surface area contributed by atoms with Crippen LogP contribution in [0.1, 0.15) is 45.7 Å². The van der Waals surface area contributed by atoms with Crippen LogP contribution in [0.3, 0.4) is 0 Å². The average molecular weight is 680 g/mol. The molecule has 42 heavy (non-hydrogen) atoms. The normalized spacial score (nSPS) is 13.7. The standard InChI is InChI=1S/C31H44BrClN4O4Si/c1-20(34)28(21(2)35-19-40-15-16-42(6,7)8)22-9-12-25(13-10-22)36-29(38)27(37-30(39)41-31(3,4)5)18-23-17-24(32)11-14-26(23)33/h9-14,17,27H,15-16,18-19,34H2,1-8H3,(H,36,38)(H,37,39)/t27-/m0/s1. The summed E-state index contributed by atoms with van der Waals surface area (Å²) < 4.78 is 11.9. The highest BCUT2D eigenvalue weighted by molar-refractivity contribution is 9.10. The van der Waals surface area contributed by atoms with Crippen LogP contribution in [0.25, 0.3) is 5.57 Å². The number of benzene rings is 2. The number of rotatable bonds is 12. The third-order valence-corrected chi connectivity index (χ3v) is 8.59. The second-order valence-electron chi connectivity index (χ2n) is 12.4. The lowest BCUT2D eigenvalue weighted by atomic mass is 9.99. The third kappa shape index (κ3) is 12.7. The van der Waals surface area contributed by atoms with Crippen LogP contribution in [0.2, 0.25) is 30.7 Å². The van der Waals surface area contributed by atoms with E-state index in [0.717, 1.165) is 27.4 Å². The van der Waals surface area contributed by atoms with Crippen molar-refractivity contribution in [2.45, 2.75) is 78.4 Å². The number of hydrogen-bond donors (Lipinski definition) is 3. The predicted octanol–water partition coefficient (Wildman–Crippen LogP) is 7.64. The van der Waals surface area contributed by atoms with Gasteiger partial charge in [-0.1, -0.05) is 59.3 Å². The topological polar surface area (TPSA) is 115 Å². The summed E-state index contributed by atoms with van der Waals surface area (Å²) in [6.07, 6.45) is -0.535. The third-order valence-electron chi connectivity index (χ3n) is 6.03. The smallest absolute Gasteiger partial charge is 0.408 e. The van der Waals surface area contributed by atoms with Gasteiger partial charge in [-0.3, -0.25) is 9.79 Å². The molecule has 0 aliphatic carbocycles. The maximum absolute atomic E-state index is 13.4. The minimum atomic E-state index is -1.16. The number of nitrogens with two attached hydrogens (primary N) is 1. The molecule has 4 N–H and O–H groups in total. The van der Waals surface area contributed by atoms with Crippen molar-refractivity contribution >= 4 is 64.6 Å². The van der Waals surface area contributed by atoms with E-state index in [2.05, 4.69) is 51.2 Å². The van der Waals surface area contributed by atoms with Gasteiger partial charge in [0.2, 0.25) is 5.91 Å². The highest BCUT2D eigenvalue weighted by atomic mass is 79.9. The number of halogens is 2. The van der Waals surface area contributed by atoms with E-state index < -0.39 is 31.7 Å². The van der Waals surface area contributed by atoms with Crippen molar-refractivity contribution in [2.75, 3.05) is 18.7 Å². The molecule has 0 saturated heterocycles. The number of nitrogens with one attached hydrogen (secondary N) is 2. The van der Waals surface area contributed by atoms with Gasteiger partial charge >= 0.3 is 6.09 Å². The quantitative estimate of drug-likeness (QED) is 0.121. The van der Waals surface area contributed by atoms with E-state index >= 15 is 0 Å². The van der Waals surface area contributed by atoms with E-state index in [-0.39, 0.29) is 13.2 Å². The van der Waals surface area contributed by atoms with Gasteiger partial charge < -0.3 is 25.8 Å².